The van der Waals surface area contributed by atoms with Crippen molar-refractivity contribution in [2.24, 2.45) is 0 Å². The van der Waals surface area contributed by atoms with Gasteiger partial charge in [0.1, 0.15) is 8.07 Å². The van der Waals surface area contributed by atoms with Crippen molar-refractivity contribution in [1.82, 2.24) is 0 Å². The molecule has 104 valence electrons. The van der Waals surface area contributed by atoms with Crippen molar-refractivity contribution < 1.29 is 0 Å². The number of allylic oxidation sites excluding steroid dienone is 1. The fraction of sp³-hybridized carbons (Fsp3) is 0.750. The van der Waals surface area contributed by atoms with Gasteiger partial charge in [0.25, 0.3) is 0 Å². The summed E-state index contributed by atoms with van der Waals surface area (Å²) in [5.74, 6) is 3.33. The Kier molecular flexibility index (Phi) is 5.31. The molecule has 0 aliphatic carbocycles. The molecular weight excluding hydrogens is 248 g/mol. The lowest BCUT2D eigenvalue weighted by Crippen LogP contribution is -2.35. The SMILES string of the molecule is CC(C)(C)[Si](C)(C)C#C/C=C\[Si](C)(C)C(C)(C)C. The fourth-order valence-electron chi connectivity index (χ4n) is 0.910. The minimum atomic E-state index is -1.44. The fourth-order valence-corrected chi connectivity index (χ4v) is 2.73. The summed E-state index contributed by atoms with van der Waals surface area (Å²) in [6, 6.07) is 0. The highest BCUT2D eigenvalue weighted by atomic mass is 28.3. The maximum absolute atomic E-state index is 3.55. The molecule has 0 N–H and O–H groups in total. The van der Waals surface area contributed by atoms with Crippen LogP contribution in [0.2, 0.25) is 36.3 Å². The van der Waals surface area contributed by atoms with Crippen LogP contribution in [0.1, 0.15) is 41.5 Å². The van der Waals surface area contributed by atoms with E-state index >= 15 is 0 Å². The topological polar surface area (TPSA) is 0 Å². The smallest absolute Gasteiger partial charge is 0.127 e. The Morgan fingerprint density at radius 3 is 1.56 bits per heavy atom. The first-order chi connectivity index (χ1) is 7.71. The molecule has 0 unspecified atom stereocenters. The highest BCUT2D eigenvalue weighted by Crippen LogP contribution is 2.37. The molecule has 18 heavy (non-hydrogen) atoms. The Morgan fingerprint density at radius 2 is 1.22 bits per heavy atom. The molecular formula is C16H32Si2. The van der Waals surface area contributed by atoms with E-state index in [-0.39, 0.29) is 0 Å². The number of hydrogen-bond donors (Lipinski definition) is 0. The van der Waals surface area contributed by atoms with E-state index in [1.54, 1.807) is 0 Å². The van der Waals surface area contributed by atoms with E-state index in [9.17, 15) is 0 Å². The zero-order chi connectivity index (χ0) is 14.8. The zero-order valence-corrected chi connectivity index (χ0v) is 16.2. The standard InChI is InChI=1S/C16H32Si2/c1-15(2,3)17(7,8)13-11-12-14-18(9,10)16(4,5)6/h11,13H,1-10H3/b13-11-. The lowest BCUT2D eigenvalue weighted by atomic mass is 10.2. The maximum atomic E-state index is 3.55. The highest BCUT2D eigenvalue weighted by Gasteiger charge is 2.34. The molecule has 0 bridgehead atoms. The molecule has 0 fully saturated rings. The van der Waals surface area contributed by atoms with E-state index in [1.807, 2.05) is 0 Å². The van der Waals surface area contributed by atoms with E-state index < -0.39 is 16.1 Å². The van der Waals surface area contributed by atoms with Crippen molar-refractivity contribution in [2.45, 2.75) is 77.8 Å². The molecule has 0 radical (unpaired) electrons. The van der Waals surface area contributed by atoms with E-state index in [0.717, 1.165) is 0 Å². The van der Waals surface area contributed by atoms with Crippen LogP contribution in [0, 0.1) is 11.5 Å². The molecule has 0 aromatic heterocycles. The number of rotatable bonds is 1. The van der Waals surface area contributed by atoms with Gasteiger partial charge in [-0.2, -0.15) is 0 Å². The first-order valence-corrected chi connectivity index (χ1v) is 13.0. The largest absolute Gasteiger partial charge is 0.138 e. The van der Waals surface area contributed by atoms with Gasteiger partial charge in [-0.1, -0.05) is 79.4 Å². The van der Waals surface area contributed by atoms with Crippen LogP contribution < -0.4 is 0 Å². The Morgan fingerprint density at radius 1 is 0.778 bits per heavy atom. The van der Waals surface area contributed by atoms with Gasteiger partial charge in [0.05, 0.1) is 8.07 Å². The van der Waals surface area contributed by atoms with Gasteiger partial charge in [-0.3, -0.25) is 0 Å². The van der Waals surface area contributed by atoms with E-state index in [2.05, 4.69) is 91.0 Å². The lowest BCUT2D eigenvalue weighted by Gasteiger charge is -2.34. The van der Waals surface area contributed by atoms with Crippen molar-refractivity contribution >= 4 is 16.1 Å². The maximum Gasteiger partial charge on any atom is 0.138 e. The summed E-state index contributed by atoms with van der Waals surface area (Å²) >= 11 is 0. The third kappa shape index (κ3) is 4.78. The normalized spacial score (nSPS) is 14.6. The molecule has 0 aromatic rings. The van der Waals surface area contributed by atoms with Crippen LogP contribution in [0.4, 0.5) is 0 Å². The quantitative estimate of drug-likeness (QED) is 0.430. The Hall–Kier alpha value is -0.266. The molecule has 0 heterocycles. The van der Waals surface area contributed by atoms with Gasteiger partial charge < -0.3 is 0 Å². The lowest BCUT2D eigenvalue weighted by molar-refractivity contribution is 0.728. The monoisotopic (exact) mass is 280 g/mol. The highest BCUT2D eigenvalue weighted by molar-refractivity contribution is 6.87. The minimum Gasteiger partial charge on any atom is -0.127 e. The van der Waals surface area contributed by atoms with Crippen molar-refractivity contribution in [2.75, 3.05) is 0 Å². The summed E-state index contributed by atoms with van der Waals surface area (Å²) in [6.45, 7) is 23.5. The van der Waals surface area contributed by atoms with Crippen LogP contribution in [0.15, 0.2) is 11.8 Å². The van der Waals surface area contributed by atoms with Gasteiger partial charge in [0.15, 0.2) is 0 Å². The average molecular weight is 281 g/mol. The molecule has 0 aromatic carbocycles. The Bertz CT molecular complexity index is 363. The molecule has 0 aliphatic heterocycles. The summed E-state index contributed by atoms with van der Waals surface area (Å²) in [5.41, 5.74) is 5.94. The van der Waals surface area contributed by atoms with Gasteiger partial charge in [-0.05, 0) is 16.2 Å². The summed E-state index contributed by atoms with van der Waals surface area (Å²) in [6.07, 6.45) is 2.12. The van der Waals surface area contributed by atoms with Crippen LogP contribution in [-0.2, 0) is 0 Å². The second-order valence-corrected chi connectivity index (χ2v) is 18.7. The molecule has 0 spiro atoms. The molecule has 0 saturated carbocycles. The van der Waals surface area contributed by atoms with E-state index in [4.69, 9.17) is 0 Å². The van der Waals surface area contributed by atoms with Crippen molar-refractivity contribution in [1.29, 1.82) is 0 Å². The predicted octanol–water partition coefficient (Wildman–Crippen LogP) is 5.64. The summed E-state index contributed by atoms with van der Waals surface area (Å²) in [5, 5.41) is 0.757. The van der Waals surface area contributed by atoms with Crippen LogP contribution >= 0.6 is 0 Å². The van der Waals surface area contributed by atoms with Crippen LogP contribution in [0.3, 0.4) is 0 Å². The molecule has 2 heteroatoms. The van der Waals surface area contributed by atoms with Gasteiger partial charge in [-0.15, -0.1) is 5.54 Å². The first kappa shape index (κ1) is 17.7. The third-order valence-electron chi connectivity index (χ3n) is 4.78. The minimum absolute atomic E-state index is 0.352. The summed E-state index contributed by atoms with van der Waals surface area (Å²) in [4.78, 5) is 0. The summed E-state index contributed by atoms with van der Waals surface area (Å²) in [7, 11) is -2.76. The predicted molar refractivity (Wildman–Crippen MR) is 91.3 cm³/mol. The first-order valence-electron chi connectivity index (χ1n) is 6.91. The van der Waals surface area contributed by atoms with Crippen molar-refractivity contribution in [3.8, 4) is 11.5 Å². The average Bonchev–Trinajstić information content (AvgIpc) is 2.08. The second-order valence-electron chi connectivity index (χ2n) is 8.45. The molecule has 0 saturated heterocycles. The van der Waals surface area contributed by atoms with Crippen molar-refractivity contribution in [3.05, 3.63) is 11.8 Å². The van der Waals surface area contributed by atoms with Gasteiger partial charge in [-0.25, -0.2) is 0 Å². The van der Waals surface area contributed by atoms with Crippen LogP contribution in [0.25, 0.3) is 0 Å². The zero-order valence-electron chi connectivity index (χ0n) is 14.2. The van der Waals surface area contributed by atoms with Gasteiger partial charge in [0.2, 0.25) is 0 Å². The van der Waals surface area contributed by atoms with E-state index in [1.165, 1.54) is 0 Å². The Labute approximate surface area is 117 Å². The molecule has 0 atom stereocenters. The number of hydrogen-bond acceptors (Lipinski definition) is 0. The summed E-state index contributed by atoms with van der Waals surface area (Å²) < 4.78 is 0. The van der Waals surface area contributed by atoms with Crippen LogP contribution in [-0.4, -0.2) is 16.1 Å². The van der Waals surface area contributed by atoms with Gasteiger partial charge >= 0.3 is 0 Å². The van der Waals surface area contributed by atoms with Gasteiger partial charge in [0, 0.05) is 0 Å². The van der Waals surface area contributed by atoms with E-state index in [0.29, 0.717) is 10.1 Å². The van der Waals surface area contributed by atoms with Crippen molar-refractivity contribution in [3.63, 3.8) is 0 Å². The third-order valence-corrected chi connectivity index (χ3v) is 14.2. The molecule has 0 rings (SSSR count). The second kappa shape index (κ2) is 5.39. The molecule has 0 aliphatic rings. The van der Waals surface area contributed by atoms with Crippen LogP contribution in [0.5, 0.6) is 0 Å². The Balaban J connectivity index is 4.92. The molecule has 0 nitrogen and oxygen atoms in total. The molecule has 0 amide bonds.